The second-order valence-electron chi connectivity index (χ2n) is 8.07. The predicted molar refractivity (Wildman–Crippen MR) is 136 cm³/mol. The normalized spacial score (nSPS) is 11.2. The minimum absolute atomic E-state index is 0.0889. The van der Waals surface area contributed by atoms with Gasteiger partial charge in [-0.2, -0.15) is 0 Å². The molecule has 0 unspecified atom stereocenters. The number of aromatic nitrogens is 4. The van der Waals surface area contributed by atoms with Gasteiger partial charge in [0.1, 0.15) is 0 Å². The highest BCUT2D eigenvalue weighted by molar-refractivity contribution is 7.99. The maximum absolute atomic E-state index is 13.0. The second kappa shape index (κ2) is 9.52. The van der Waals surface area contributed by atoms with Gasteiger partial charge in [-0.15, -0.1) is 0 Å². The summed E-state index contributed by atoms with van der Waals surface area (Å²) >= 11 is 7.23. The van der Waals surface area contributed by atoms with Crippen molar-refractivity contribution < 1.29 is 4.79 Å². The van der Waals surface area contributed by atoms with E-state index in [9.17, 15) is 14.4 Å². The van der Waals surface area contributed by atoms with E-state index in [0.717, 1.165) is 26.9 Å². The summed E-state index contributed by atoms with van der Waals surface area (Å²) in [7, 11) is 3.01. The number of rotatable bonds is 6. The quantitative estimate of drug-likeness (QED) is 0.412. The molecular weight excluding hydrogens is 474 g/mol. The van der Waals surface area contributed by atoms with Crippen LogP contribution in [0.4, 0.5) is 5.69 Å². The van der Waals surface area contributed by atoms with Gasteiger partial charge in [-0.25, -0.2) is 9.78 Å². The molecule has 10 heteroatoms. The zero-order valence-corrected chi connectivity index (χ0v) is 20.8. The van der Waals surface area contributed by atoms with Crippen molar-refractivity contribution in [3.8, 4) is 0 Å². The fourth-order valence-electron chi connectivity index (χ4n) is 3.66. The van der Waals surface area contributed by atoms with Gasteiger partial charge < -0.3 is 9.88 Å². The number of halogens is 1. The number of carbonyl (C=O) groups is 1. The molecule has 0 aliphatic heterocycles. The van der Waals surface area contributed by atoms with E-state index in [4.69, 9.17) is 11.6 Å². The van der Waals surface area contributed by atoms with Crippen LogP contribution in [-0.2, 0) is 25.4 Å². The molecule has 0 aliphatic carbocycles. The van der Waals surface area contributed by atoms with E-state index >= 15 is 0 Å². The van der Waals surface area contributed by atoms with Crippen molar-refractivity contribution in [2.75, 3.05) is 11.1 Å². The van der Waals surface area contributed by atoms with Crippen LogP contribution in [0, 0.1) is 13.8 Å². The lowest BCUT2D eigenvalue weighted by Crippen LogP contribution is -2.37. The summed E-state index contributed by atoms with van der Waals surface area (Å²) in [5, 5.41) is 4.02. The lowest BCUT2D eigenvalue weighted by Gasteiger charge is -2.11. The van der Waals surface area contributed by atoms with Crippen LogP contribution in [0.25, 0.3) is 11.2 Å². The van der Waals surface area contributed by atoms with E-state index in [2.05, 4.69) is 10.3 Å². The maximum Gasteiger partial charge on any atom is 0.332 e. The number of nitrogens with zero attached hydrogens (tertiary/aromatic N) is 4. The summed E-state index contributed by atoms with van der Waals surface area (Å²) in [4.78, 5) is 42.7. The topological polar surface area (TPSA) is 90.9 Å². The Morgan fingerprint density at radius 1 is 1.06 bits per heavy atom. The van der Waals surface area contributed by atoms with Crippen LogP contribution in [0.2, 0.25) is 5.02 Å². The molecule has 176 valence electrons. The largest absolute Gasteiger partial charge is 0.332 e. The molecule has 0 fully saturated rings. The number of aryl methyl sites for hydroxylation is 2. The molecule has 4 rings (SSSR count). The highest BCUT2D eigenvalue weighted by atomic mass is 35.5. The minimum Gasteiger partial charge on any atom is -0.325 e. The Labute approximate surface area is 205 Å². The van der Waals surface area contributed by atoms with Gasteiger partial charge in [-0.1, -0.05) is 47.6 Å². The van der Waals surface area contributed by atoms with Crippen LogP contribution < -0.4 is 16.6 Å². The monoisotopic (exact) mass is 497 g/mol. The van der Waals surface area contributed by atoms with E-state index < -0.39 is 11.2 Å². The minimum atomic E-state index is -0.460. The number of benzene rings is 2. The van der Waals surface area contributed by atoms with Gasteiger partial charge in [0.25, 0.3) is 5.56 Å². The van der Waals surface area contributed by atoms with E-state index in [1.807, 2.05) is 44.2 Å². The molecule has 2 aromatic heterocycles. The van der Waals surface area contributed by atoms with Crippen molar-refractivity contribution in [2.24, 2.45) is 14.1 Å². The highest BCUT2D eigenvalue weighted by Crippen LogP contribution is 2.24. The molecule has 34 heavy (non-hydrogen) atoms. The van der Waals surface area contributed by atoms with Crippen LogP contribution in [0.5, 0.6) is 0 Å². The Hall–Kier alpha value is -3.30. The third kappa shape index (κ3) is 4.53. The standard InChI is InChI=1S/C24H24ClN5O3S/c1-14-6-5-7-18(15(14)2)26-19(31)13-34-23-27-21-20(22(32)29(4)24(33)28(21)3)30(23)12-16-8-10-17(25)11-9-16/h5-11H,12-13H2,1-4H3,(H,26,31). The van der Waals surface area contributed by atoms with Crippen molar-refractivity contribution in [1.29, 1.82) is 0 Å². The Morgan fingerprint density at radius 3 is 2.47 bits per heavy atom. The van der Waals surface area contributed by atoms with Gasteiger partial charge in [-0.05, 0) is 48.7 Å². The number of thioether (sulfide) groups is 1. The molecule has 1 amide bonds. The molecule has 2 aromatic carbocycles. The number of fused-ring (bicyclic) bond motifs is 1. The molecule has 0 atom stereocenters. The Morgan fingerprint density at radius 2 is 1.76 bits per heavy atom. The molecular formula is C24H24ClN5O3S. The van der Waals surface area contributed by atoms with Crippen LogP contribution in [0.3, 0.4) is 0 Å². The summed E-state index contributed by atoms with van der Waals surface area (Å²) in [6, 6.07) is 13.0. The average molecular weight is 498 g/mol. The molecule has 0 aliphatic rings. The molecule has 0 saturated heterocycles. The van der Waals surface area contributed by atoms with Crippen LogP contribution in [0.1, 0.15) is 16.7 Å². The molecule has 0 spiro atoms. The fourth-order valence-corrected chi connectivity index (χ4v) is 4.58. The number of anilines is 1. The molecule has 8 nitrogen and oxygen atoms in total. The van der Waals surface area contributed by atoms with Gasteiger partial charge in [-0.3, -0.25) is 18.7 Å². The van der Waals surface area contributed by atoms with Crippen molar-refractivity contribution in [2.45, 2.75) is 25.5 Å². The average Bonchev–Trinajstić information content (AvgIpc) is 3.17. The maximum atomic E-state index is 13.0. The molecule has 1 N–H and O–H groups in total. The number of nitrogens with one attached hydrogen (secondary N) is 1. The second-order valence-corrected chi connectivity index (χ2v) is 9.45. The van der Waals surface area contributed by atoms with Gasteiger partial charge in [0.2, 0.25) is 5.91 Å². The lowest BCUT2D eigenvalue weighted by atomic mass is 10.1. The number of hydrogen-bond donors (Lipinski definition) is 1. The lowest BCUT2D eigenvalue weighted by molar-refractivity contribution is -0.113. The Bertz CT molecular complexity index is 1520. The van der Waals surface area contributed by atoms with Gasteiger partial charge in [0, 0.05) is 24.8 Å². The van der Waals surface area contributed by atoms with Gasteiger partial charge >= 0.3 is 5.69 Å². The van der Waals surface area contributed by atoms with E-state index in [0.29, 0.717) is 22.2 Å². The summed E-state index contributed by atoms with van der Waals surface area (Å²) in [6.45, 7) is 4.28. The van der Waals surface area contributed by atoms with Crippen molar-refractivity contribution in [1.82, 2.24) is 18.7 Å². The zero-order chi connectivity index (χ0) is 24.6. The third-order valence-electron chi connectivity index (χ3n) is 5.78. The SMILES string of the molecule is Cc1cccc(NC(=O)CSc2nc3c(c(=O)n(C)c(=O)n3C)n2Cc2ccc(Cl)cc2)c1C. The molecule has 0 saturated carbocycles. The van der Waals surface area contributed by atoms with Crippen molar-refractivity contribution in [3.05, 3.63) is 85.0 Å². The number of carbonyl (C=O) groups excluding carboxylic acids is 1. The Kier molecular flexibility index (Phi) is 6.67. The van der Waals surface area contributed by atoms with Crippen LogP contribution in [0.15, 0.2) is 57.2 Å². The number of imidazole rings is 1. The summed E-state index contributed by atoms with van der Waals surface area (Å²) in [5.74, 6) is -0.100. The van der Waals surface area contributed by atoms with Crippen molar-refractivity contribution >= 4 is 46.1 Å². The van der Waals surface area contributed by atoms with Crippen LogP contribution >= 0.6 is 23.4 Å². The van der Waals surface area contributed by atoms with Crippen molar-refractivity contribution in [3.63, 3.8) is 0 Å². The first kappa shape index (κ1) is 23.8. The summed E-state index contributed by atoms with van der Waals surface area (Å²) in [5.41, 5.74) is 3.44. The third-order valence-corrected chi connectivity index (χ3v) is 7.01. The number of amides is 1. The Balaban J connectivity index is 1.70. The number of hydrogen-bond acceptors (Lipinski definition) is 5. The first-order valence-corrected chi connectivity index (χ1v) is 11.9. The van der Waals surface area contributed by atoms with E-state index in [1.54, 1.807) is 23.7 Å². The molecule has 2 heterocycles. The van der Waals surface area contributed by atoms with Gasteiger partial charge in [0.15, 0.2) is 16.3 Å². The van der Waals surface area contributed by atoms with Crippen LogP contribution in [-0.4, -0.2) is 30.3 Å². The first-order chi connectivity index (χ1) is 16.2. The summed E-state index contributed by atoms with van der Waals surface area (Å²) < 4.78 is 4.15. The first-order valence-electron chi connectivity index (χ1n) is 10.6. The highest BCUT2D eigenvalue weighted by Gasteiger charge is 2.20. The molecule has 4 aromatic rings. The van der Waals surface area contributed by atoms with Gasteiger partial charge in [0.05, 0.1) is 12.3 Å². The zero-order valence-electron chi connectivity index (χ0n) is 19.3. The smallest absolute Gasteiger partial charge is 0.325 e. The fraction of sp³-hybridized carbons (Fsp3) is 0.250. The van der Waals surface area contributed by atoms with E-state index in [-0.39, 0.29) is 17.3 Å². The molecule has 0 radical (unpaired) electrons. The molecule has 0 bridgehead atoms. The predicted octanol–water partition coefficient (Wildman–Crippen LogP) is 3.48. The van der Waals surface area contributed by atoms with E-state index in [1.165, 1.54) is 23.4 Å². The summed E-state index contributed by atoms with van der Waals surface area (Å²) in [6.07, 6.45) is 0.